The van der Waals surface area contributed by atoms with Crippen LogP contribution in [0.1, 0.15) is 28.8 Å². The van der Waals surface area contributed by atoms with Crippen LogP contribution in [-0.2, 0) is 19.9 Å². The summed E-state index contributed by atoms with van der Waals surface area (Å²) in [4.78, 5) is 19.8. The molecule has 6 heteroatoms. The van der Waals surface area contributed by atoms with Gasteiger partial charge in [-0.05, 0) is 55.9 Å². The van der Waals surface area contributed by atoms with Crippen LogP contribution in [0.3, 0.4) is 0 Å². The number of thiophene rings is 1. The van der Waals surface area contributed by atoms with Crippen LogP contribution in [0.15, 0.2) is 34.2 Å². The molecule has 0 fully saturated rings. The highest BCUT2D eigenvalue weighted by Gasteiger charge is 2.22. The van der Waals surface area contributed by atoms with E-state index in [2.05, 4.69) is 13.0 Å². The Labute approximate surface area is 161 Å². The fraction of sp³-hybridized carbons (Fsp3) is 0.400. The van der Waals surface area contributed by atoms with E-state index in [0.29, 0.717) is 6.61 Å². The minimum absolute atomic E-state index is 0.105. The predicted octanol–water partition coefficient (Wildman–Crippen LogP) is 4.35. The highest BCUT2D eigenvalue weighted by Crippen LogP contribution is 2.35. The maximum atomic E-state index is 12.8. The molecule has 0 aliphatic heterocycles. The highest BCUT2D eigenvalue weighted by molar-refractivity contribution is 7.99. The number of hydrogen-bond donors (Lipinski definition) is 0. The summed E-state index contributed by atoms with van der Waals surface area (Å²) >= 11 is 3.34. The number of aromatic nitrogens is 2. The van der Waals surface area contributed by atoms with Crippen molar-refractivity contribution in [1.82, 2.24) is 9.55 Å². The molecule has 2 heterocycles. The van der Waals surface area contributed by atoms with Crippen LogP contribution < -0.4 is 10.3 Å². The van der Waals surface area contributed by atoms with Crippen molar-refractivity contribution in [2.24, 2.45) is 7.05 Å². The van der Waals surface area contributed by atoms with Crippen molar-refractivity contribution in [2.45, 2.75) is 37.8 Å². The van der Waals surface area contributed by atoms with E-state index in [9.17, 15) is 4.79 Å². The molecule has 136 valence electrons. The Balaban J connectivity index is 1.40. The van der Waals surface area contributed by atoms with Gasteiger partial charge in [-0.1, -0.05) is 23.9 Å². The van der Waals surface area contributed by atoms with E-state index in [1.54, 1.807) is 27.7 Å². The molecule has 4 rings (SSSR count). The van der Waals surface area contributed by atoms with Crippen molar-refractivity contribution >= 4 is 33.3 Å². The lowest BCUT2D eigenvalue weighted by atomic mass is 10.2. The molecule has 0 atom stereocenters. The molecule has 0 amide bonds. The van der Waals surface area contributed by atoms with Crippen LogP contribution in [0, 0.1) is 6.92 Å². The summed E-state index contributed by atoms with van der Waals surface area (Å²) in [7, 11) is 1.83. The first-order valence-corrected chi connectivity index (χ1v) is 10.8. The molecule has 0 bridgehead atoms. The first-order valence-electron chi connectivity index (χ1n) is 8.97. The maximum absolute atomic E-state index is 12.8. The van der Waals surface area contributed by atoms with Gasteiger partial charge in [0.1, 0.15) is 10.6 Å². The maximum Gasteiger partial charge on any atom is 0.262 e. The molecule has 0 spiro atoms. The molecule has 1 aliphatic rings. The van der Waals surface area contributed by atoms with E-state index in [0.717, 1.165) is 52.6 Å². The van der Waals surface area contributed by atoms with E-state index in [1.165, 1.54) is 16.0 Å². The summed E-state index contributed by atoms with van der Waals surface area (Å²) in [5.41, 5.74) is 2.56. The lowest BCUT2D eigenvalue weighted by molar-refractivity contribution is 0.318. The van der Waals surface area contributed by atoms with Gasteiger partial charge in [-0.25, -0.2) is 4.98 Å². The Morgan fingerprint density at radius 3 is 3.08 bits per heavy atom. The number of aryl methyl sites for hydroxylation is 3. The van der Waals surface area contributed by atoms with Gasteiger partial charge in [0.25, 0.3) is 5.56 Å². The molecule has 0 radical (unpaired) electrons. The minimum atomic E-state index is 0.105. The van der Waals surface area contributed by atoms with Crippen molar-refractivity contribution in [3.05, 3.63) is 50.6 Å². The second-order valence-electron chi connectivity index (χ2n) is 6.66. The predicted molar refractivity (Wildman–Crippen MR) is 109 cm³/mol. The van der Waals surface area contributed by atoms with Crippen molar-refractivity contribution in [2.75, 3.05) is 12.4 Å². The quantitative estimate of drug-likeness (QED) is 0.359. The lowest BCUT2D eigenvalue weighted by Gasteiger charge is -2.09. The molecular formula is C20H22N2O2S2. The number of ether oxygens (including phenoxy) is 1. The molecule has 26 heavy (non-hydrogen) atoms. The third kappa shape index (κ3) is 3.40. The summed E-state index contributed by atoms with van der Waals surface area (Å²) in [6.07, 6.45) is 4.19. The van der Waals surface area contributed by atoms with Gasteiger partial charge in [-0.15, -0.1) is 11.3 Å². The first kappa shape index (κ1) is 17.6. The molecule has 0 unspecified atom stereocenters. The van der Waals surface area contributed by atoms with Crippen LogP contribution in [0.5, 0.6) is 5.75 Å². The molecular weight excluding hydrogens is 364 g/mol. The van der Waals surface area contributed by atoms with E-state index >= 15 is 0 Å². The second-order valence-corrected chi connectivity index (χ2v) is 8.81. The standard InChI is InChI=1S/C20H22N2O2S2/c1-13-6-3-7-14(12-13)24-10-5-11-25-20-21-18-17(19(23)22(20)2)15-8-4-9-16(15)26-18/h3,6-7,12H,4-5,8-11H2,1-2H3. The topological polar surface area (TPSA) is 44.1 Å². The fourth-order valence-corrected chi connectivity index (χ4v) is 5.54. The first-order chi connectivity index (χ1) is 12.6. The zero-order chi connectivity index (χ0) is 18.1. The molecule has 2 aromatic heterocycles. The monoisotopic (exact) mass is 386 g/mol. The number of fused-ring (bicyclic) bond motifs is 3. The Morgan fingerprint density at radius 1 is 1.35 bits per heavy atom. The van der Waals surface area contributed by atoms with Crippen molar-refractivity contribution in [3.63, 3.8) is 0 Å². The largest absolute Gasteiger partial charge is 0.494 e. The summed E-state index contributed by atoms with van der Waals surface area (Å²) in [6.45, 7) is 2.73. The highest BCUT2D eigenvalue weighted by atomic mass is 32.2. The average Bonchev–Trinajstić information content (AvgIpc) is 3.19. The Hall–Kier alpha value is -1.79. The Kier molecular flexibility index (Phi) is 5.05. The van der Waals surface area contributed by atoms with Crippen molar-refractivity contribution < 1.29 is 4.74 Å². The molecule has 0 N–H and O–H groups in total. The number of rotatable bonds is 6. The second kappa shape index (κ2) is 7.45. The summed E-state index contributed by atoms with van der Waals surface area (Å²) in [5.74, 6) is 1.79. The minimum Gasteiger partial charge on any atom is -0.494 e. The Bertz CT molecular complexity index is 1010. The van der Waals surface area contributed by atoms with E-state index < -0.39 is 0 Å². The lowest BCUT2D eigenvalue weighted by Crippen LogP contribution is -2.20. The van der Waals surface area contributed by atoms with Crippen molar-refractivity contribution in [1.29, 1.82) is 0 Å². The zero-order valence-electron chi connectivity index (χ0n) is 15.1. The van der Waals surface area contributed by atoms with Gasteiger partial charge in [0, 0.05) is 17.7 Å². The fourth-order valence-electron chi connectivity index (χ4n) is 3.35. The summed E-state index contributed by atoms with van der Waals surface area (Å²) in [6, 6.07) is 8.09. The van der Waals surface area contributed by atoms with Crippen LogP contribution >= 0.6 is 23.1 Å². The summed E-state index contributed by atoms with van der Waals surface area (Å²) < 4.78 is 7.50. The van der Waals surface area contributed by atoms with Gasteiger partial charge in [0.15, 0.2) is 5.16 Å². The molecule has 3 aromatic rings. The van der Waals surface area contributed by atoms with Gasteiger partial charge in [-0.2, -0.15) is 0 Å². The summed E-state index contributed by atoms with van der Waals surface area (Å²) in [5, 5.41) is 1.66. The number of hydrogen-bond acceptors (Lipinski definition) is 5. The van der Waals surface area contributed by atoms with Crippen LogP contribution in [0.4, 0.5) is 0 Å². The van der Waals surface area contributed by atoms with E-state index in [1.807, 2.05) is 25.2 Å². The molecule has 0 saturated heterocycles. The molecule has 0 saturated carbocycles. The van der Waals surface area contributed by atoms with Gasteiger partial charge in [0.2, 0.25) is 0 Å². The third-order valence-corrected chi connectivity index (χ3v) is 6.99. The SMILES string of the molecule is Cc1cccc(OCCCSc2nc3sc4c(c3c(=O)n2C)CCC4)c1. The molecule has 1 aliphatic carbocycles. The molecule has 1 aromatic carbocycles. The van der Waals surface area contributed by atoms with E-state index in [-0.39, 0.29) is 5.56 Å². The van der Waals surface area contributed by atoms with Gasteiger partial charge in [-0.3, -0.25) is 9.36 Å². The van der Waals surface area contributed by atoms with Crippen LogP contribution in [0.25, 0.3) is 10.2 Å². The number of benzene rings is 1. The third-order valence-electron chi connectivity index (χ3n) is 4.68. The normalized spacial score (nSPS) is 13.3. The van der Waals surface area contributed by atoms with Crippen LogP contribution in [-0.4, -0.2) is 21.9 Å². The smallest absolute Gasteiger partial charge is 0.262 e. The van der Waals surface area contributed by atoms with Gasteiger partial charge >= 0.3 is 0 Å². The van der Waals surface area contributed by atoms with E-state index in [4.69, 9.17) is 9.72 Å². The zero-order valence-corrected chi connectivity index (χ0v) is 16.7. The van der Waals surface area contributed by atoms with Gasteiger partial charge in [0.05, 0.1) is 12.0 Å². The number of nitrogens with zero attached hydrogens (tertiary/aromatic N) is 2. The molecule has 4 nitrogen and oxygen atoms in total. The van der Waals surface area contributed by atoms with Crippen LogP contribution in [0.2, 0.25) is 0 Å². The van der Waals surface area contributed by atoms with Crippen molar-refractivity contribution in [3.8, 4) is 5.75 Å². The van der Waals surface area contributed by atoms with Gasteiger partial charge < -0.3 is 4.74 Å². The average molecular weight is 387 g/mol. The number of thioether (sulfide) groups is 1. The Morgan fingerprint density at radius 2 is 2.23 bits per heavy atom.